The molecule has 1 aromatic heterocycles. The van der Waals surface area contributed by atoms with E-state index in [1.165, 1.54) is 25.7 Å². The SMILES string of the molecule is CCCCCC(C)(C)CNc1nc(Cl)nc(NCCC)n1. The molecule has 0 aliphatic rings. The normalized spacial score (nSPS) is 11.5. The van der Waals surface area contributed by atoms with E-state index in [0.717, 1.165) is 19.5 Å². The molecule has 1 heterocycles. The van der Waals surface area contributed by atoms with Gasteiger partial charge in [0.15, 0.2) is 0 Å². The number of rotatable bonds is 10. The zero-order chi connectivity index (χ0) is 15.7. The van der Waals surface area contributed by atoms with Gasteiger partial charge in [-0.05, 0) is 29.9 Å². The molecule has 0 saturated heterocycles. The van der Waals surface area contributed by atoms with Crippen molar-refractivity contribution in [1.82, 2.24) is 15.0 Å². The van der Waals surface area contributed by atoms with Crippen molar-refractivity contribution in [3.8, 4) is 0 Å². The quantitative estimate of drug-likeness (QED) is 0.628. The first-order valence-electron chi connectivity index (χ1n) is 7.86. The fourth-order valence-corrected chi connectivity index (χ4v) is 2.17. The van der Waals surface area contributed by atoms with Crippen LogP contribution < -0.4 is 10.6 Å². The van der Waals surface area contributed by atoms with Crippen LogP contribution in [-0.4, -0.2) is 28.0 Å². The van der Waals surface area contributed by atoms with Crippen LogP contribution in [0.15, 0.2) is 0 Å². The lowest BCUT2D eigenvalue weighted by molar-refractivity contribution is 0.342. The maximum absolute atomic E-state index is 5.94. The Morgan fingerprint density at radius 1 is 0.952 bits per heavy atom. The summed E-state index contributed by atoms with van der Waals surface area (Å²) in [6.45, 7) is 10.5. The van der Waals surface area contributed by atoms with Crippen molar-refractivity contribution in [2.75, 3.05) is 23.7 Å². The highest BCUT2D eigenvalue weighted by atomic mass is 35.5. The predicted molar refractivity (Wildman–Crippen MR) is 90.0 cm³/mol. The van der Waals surface area contributed by atoms with Crippen LogP contribution in [0.5, 0.6) is 0 Å². The molecule has 120 valence electrons. The Labute approximate surface area is 133 Å². The lowest BCUT2D eigenvalue weighted by Crippen LogP contribution is -2.24. The highest BCUT2D eigenvalue weighted by Gasteiger charge is 2.18. The van der Waals surface area contributed by atoms with Gasteiger partial charge >= 0.3 is 0 Å². The number of nitrogens with zero attached hydrogens (tertiary/aromatic N) is 3. The molecule has 0 radical (unpaired) electrons. The Balaban J connectivity index is 2.55. The Morgan fingerprint density at radius 2 is 1.62 bits per heavy atom. The van der Waals surface area contributed by atoms with Crippen LogP contribution in [0.3, 0.4) is 0 Å². The third kappa shape index (κ3) is 7.46. The van der Waals surface area contributed by atoms with Crippen molar-refractivity contribution in [3.05, 3.63) is 5.28 Å². The number of anilines is 2. The van der Waals surface area contributed by atoms with Crippen LogP contribution in [0.2, 0.25) is 5.28 Å². The van der Waals surface area contributed by atoms with Crippen LogP contribution in [-0.2, 0) is 0 Å². The van der Waals surface area contributed by atoms with Gasteiger partial charge in [0, 0.05) is 13.1 Å². The molecule has 5 nitrogen and oxygen atoms in total. The number of unbranched alkanes of at least 4 members (excludes halogenated alkanes) is 2. The number of halogens is 1. The Kier molecular flexibility index (Phi) is 7.72. The van der Waals surface area contributed by atoms with E-state index < -0.39 is 0 Å². The topological polar surface area (TPSA) is 62.7 Å². The van der Waals surface area contributed by atoms with E-state index in [1.54, 1.807) is 0 Å². The summed E-state index contributed by atoms with van der Waals surface area (Å²) in [4.78, 5) is 12.5. The van der Waals surface area contributed by atoms with Gasteiger partial charge in [0.2, 0.25) is 17.2 Å². The van der Waals surface area contributed by atoms with Crippen molar-refractivity contribution in [3.63, 3.8) is 0 Å². The Morgan fingerprint density at radius 3 is 2.24 bits per heavy atom. The summed E-state index contributed by atoms with van der Waals surface area (Å²) in [5.74, 6) is 1.07. The molecule has 1 aromatic rings. The van der Waals surface area contributed by atoms with Gasteiger partial charge in [0.05, 0.1) is 0 Å². The molecule has 6 heteroatoms. The molecule has 0 saturated carbocycles. The highest BCUT2D eigenvalue weighted by molar-refractivity contribution is 6.28. The molecule has 0 aliphatic carbocycles. The summed E-state index contributed by atoms with van der Waals surface area (Å²) in [5, 5.41) is 6.63. The molecular formula is C15H28ClN5. The second-order valence-electron chi connectivity index (χ2n) is 6.15. The number of aromatic nitrogens is 3. The van der Waals surface area contributed by atoms with Gasteiger partial charge in [-0.15, -0.1) is 0 Å². The first-order valence-corrected chi connectivity index (χ1v) is 8.24. The van der Waals surface area contributed by atoms with Gasteiger partial charge in [-0.1, -0.05) is 47.0 Å². The second-order valence-corrected chi connectivity index (χ2v) is 6.49. The van der Waals surface area contributed by atoms with Crippen molar-refractivity contribution < 1.29 is 0 Å². The standard InChI is InChI=1S/C15H28ClN5/c1-5-7-8-9-15(3,4)11-18-14-20-12(16)19-13(21-14)17-10-6-2/h5-11H2,1-4H3,(H2,17,18,19,20,21). The van der Waals surface area contributed by atoms with Gasteiger partial charge in [0.1, 0.15) is 0 Å². The lowest BCUT2D eigenvalue weighted by atomic mass is 9.87. The summed E-state index contributed by atoms with van der Waals surface area (Å²) >= 11 is 5.94. The van der Waals surface area contributed by atoms with E-state index in [1.807, 2.05) is 0 Å². The Bertz CT molecular complexity index is 423. The maximum atomic E-state index is 5.94. The summed E-state index contributed by atoms with van der Waals surface area (Å²) in [6, 6.07) is 0. The van der Waals surface area contributed by atoms with Crippen LogP contribution in [0.4, 0.5) is 11.9 Å². The molecule has 0 aliphatic heterocycles. The molecule has 0 spiro atoms. The molecule has 2 N–H and O–H groups in total. The number of nitrogens with one attached hydrogen (secondary N) is 2. The molecule has 1 rings (SSSR count). The molecule has 21 heavy (non-hydrogen) atoms. The van der Waals surface area contributed by atoms with Crippen LogP contribution in [0, 0.1) is 5.41 Å². The zero-order valence-corrected chi connectivity index (χ0v) is 14.4. The number of hydrogen-bond donors (Lipinski definition) is 2. The average molecular weight is 314 g/mol. The van der Waals surface area contributed by atoms with Crippen molar-refractivity contribution in [1.29, 1.82) is 0 Å². The molecule has 0 unspecified atom stereocenters. The third-order valence-corrected chi connectivity index (χ3v) is 3.49. The van der Waals surface area contributed by atoms with Crippen molar-refractivity contribution >= 4 is 23.5 Å². The van der Waals surface area contributed by atoms with Crippen molar-refractivity contribution in [2.24, 2.45) is 5.41 Å². The van der Waals surface area contributed by atoms with E-state index in [2.05, 4.69) is 53.3 Å². The molecule has 0 aromatic carbocycles. The molecule has 0 fully saturated rings. The largest absolute Gasteiger partial charge is 0.354 e. The minimum Gasteiger partial charge on any atom is -0.354 e. The van der Waals surface area contributed by atoms with E-state index >= 15 is 0 Å². The predicted octanol–water partition coefficient (Wildman–Crippen LogP) is 4.37. The second kappa shape index (κ2) is 9.03. The lowest BCUT2D eigenvalue weighted by Gasteiger charge is -2.25. The number of hydrogen-bond acceptors (Lipinski definition) is 5. The van der Waals surface area contributed by atoms with E-state index in [9.17, 15) is 0 Å². The first-order chi connectivity index (χ1) is 9.96. The maximum Gasteiger partial charge on any atom is 0.228 e. The van der Waals surface area contributed by atoms with Gasteiger partial charge in [-0.3, -0.25) is 0 Å². The van der Waals surface area contributed by atoms with Crippen LogP contribution in [0.25, 0.3) is 0 Å². The summed E-state index contributed by atoms with van der Waals surface area (Å²) in [6.07, 6.45) is 5.99. The summed E-state index contributed by atoms with van der Waals surface area (Å²) < 4.78 is 0. The molecular weight excluding hydrogens is 286 g/mol. The van der Waals surface area contributed by atoms with Gasteiger partial charge < -0.3 is 10.6 Å². The van der Waals surface area contributed by atoms with Gasteiger partial charge in [0.25, 0.3) is 0 Å². The van der Waals surface area contributed by atoms with E-state index in [4.69, 9.17) is 11.6 Å². The minimum atomic E-state index is 0.214. The third-order valence-electron chi connectivity index (χ3n) is 3.32. The Hall–Kier alpha value is -1.10. The molecule has 0 bridgehead atoms. The molecule has 0 amide bonds. The smallest absolute Gasteiger partial charge is 0.228 e. The molecule has 0 atom stereocenters. The van der Waals surface area contributed by atoms with Crippen LogP contribution in [0.1, 0.15) is 59.8 Å². The first kappa shape index (κ1) is 18.0. The fraction of sp³-hybridized carbons (Fsp3) is 0.800. The summed E-state index contributed by atoms with van der Waals surface area (Å²) in [5.41, 5.74) is 0.214. The van der Waals surface area contributed by atoms with Crippen LogP contribution >= 0.6 is 11.6 Å². The van der Waals surface area contributed by atoms with Gasteiger partial charge in [-0.25, -0.2) is 0 Å². The zero-order valence-electron chi connectivity index (χ0n) is 13.7. The summed E-state index contributed by atoms with van der Waals surface area (Å²) in [7, 11) is 0. The highest BCUT2D eigenvalue weighted by Crippen LogP contribution is 2.24. The van der Waals surface area contributed by atoms with E-state index in [0.29, 0.717) is 11.9 Å². The monoisotopic (exact) mass is 313 g/mol. The minimum absolute atomic E-state index is 0.214. The average Bonchev–Trinajstić information content (AvgIpc) is 2.43. The van der Waals surface area contributed by atoms with Crippen molar-refractivity contribution in [2.45, 2.75) is 59.8 Å². The fourth-order valence-electron chi connectivity index (χ4n) is 2.01. The van der Waals surface area contributed by atoms with Gasteiger partial charge in [-0.2, -0.15) is 15.0 Å². The van der Waals surface area contributed by atoms with E-state index in [-0.39, 0.29) is 10.7 Å².